The molecule has 0 spiro atoms. The van der Waals surface area contributed by atoms with Gasteiger partial charge in [-0.2, -0.15) is 0 Å². The van der Waals surface area contributed by atoms with Crippen LogP contribution in [0.2, 0.25) is 0 Å². The smallest absolute Gasteiger partial charge is 0.270 e. The minimum atomic E-state index is -0.170. The lowest BCUT2D eigenvalue weighted by atomic mass is 10.1. The van der Waals surface area contributed by atoms with E-state index in [0.29, 0.717) is 12.2 Å². The van der Waals surface area contributed by atoms with Crippen molar-refractivity contribution in [2.24, 2.45) is 0 Å². The second-order valence-corrected chi connectivity index (χ2v) is 7.14. The fraction of sp³-hybridized carbons (Fsp3) is 0.167. The van der Waals surface area contributed by atoms with Gasteiger partial charge in [-0.15, -0.1) is 0 Å². The number of nitrogens with one attached hydrogen (secondary N) is 3. The van der Waals surface area contributed by atoms with E-state index in [1.165, 1.54) is 16.5 Å². The summed E-state index contributed by atoms with van der Waals surface area (Å²) in [5.41, 5.74) is 6.02. The molecule has 0 aliphatic heterocycles. The molecule has 2 aromatic carbocycles. The van der Waals surface area contributed by atoms with E-state index in [9.17, 15) is 4.79 Å². The standard InChI is InChI=1S/C24H24N4O/c1-17-5-4-6-18(13-17)14-28-24(29)23-10-9-20(16-27-23)25-12-11-19-15-26-22-8-3-2-7-21(19)22/h2-10,13,15-16,25-26H,11-12,14H2,1H3,(H,28,29). The number of anilines is 1. The number of rotatable bonds is 7. The first-order valence-corrected chi connectivity index (χ1v) is 9.78. The van der Waals surface area contributed by atoms with E-state index in [0.717, 1.165) is 29.7 Å². The molecule has 0 saturated heterocycles. The Balaban J connectivity index is 1.29. The molecule has 29 heavy (non-hydrogen) atoms. The molecule has 0 atom stereocenters. The Hall–Kier alpha value is -3.60. The van der Waals surface area contributed by atoms with E-state index in [4.69, 9.17) is 0 Å². The van der Waals surface area contributed by atoms with Crippen molar-refractivity contribution in [3.63, 3.8) is 0 Å². The zero-order valence-corrected chi connectivity index (χ0v) is 16.4. The maximum absolute atomic E-state index is 12.3. The largest absolute Gasteiger partial charge is 0.383 e. The Bertz CT molecular complexity index is 1120. The van der Waals surface area contributed by atoms with Crippen LogP contribution in [0.1, 0.15) is 27.2 Å². The van der Waals surface area contributed by atoms with Gasteiger partial charge < -0.3 is 15.6 Å². The van der Waals surface area contributed by atoms with Crippen LogP contribution in [0.25, 0.3) is 10.9 Å². The summed E-state index contributed by atoms with van der Waals surface area (Å²) in [4.78, 5) is 19.9. The Morgan fingerprint density at radius 1 is 1.07 bits per heavy atom. The van der Waals surface area contributed by atoms with Crippen molar-refractivity contribution in [1.29, 1.82) is 0 Å². The van der Waals surface area contributed by atoms with Gasteiger partial charge in [0.15, 0.2) is 0 Å². The Morgan fingerprint density at radius 3 is 2.79 bits per heavy atom. The van der Waals surface area contributed by atoms with Gasteiger partial charge in [0.25, 0.3) is 5.91 Å². The summed E-state index contributed by atoms with van der Waals surface area (Å²) in [7, 11) is 0. The molecule has 2 aromatic heterocycles. The van der Waals surface area contributed by atoms with Crippen LogP contribution in [0.4, 0.5) is 5.69 Å². The molecule has 4 rings (SSSR count). The van der Waals surface area contributed by atoms with Crippen molar-refractivity contribution in [1.82, 2.24) is 15.3 Å². The molecular formula is C24H24N4O. The molecule has 0 aliphatic carbocycles. The second-order valence-electron chi connectivity index (χ2n) is 7.14. The average Bonchev–Trinajstić information content (AvgIpc) is 3.16. The molecule has 5 heteroatoms. The second kappa shape index (κ2) is 8.61. The number of H-pyrrole nitrogens is 1. The maximum atomic E-state index is 12.3. The summed E-state index contributed by atoms with van der Waals surface area (Å²) >= 11 is 0. The number of para-hydroxylation sites is 1. The molecule has 3 N–H and O–H groups in total. The number of aromatic nitrogens is 2. The first kappa shape index (κ1) is 18.7. The van der Waals surface area contributed by atoms with Crippen molar-refractivity contribution in [2.45, 2.75) is 19.9 Å². The summed E-state index contributed by atoms with van der Waals surface area (Å²) in [6, 6.07) is 20.0. The van der Waals surface area contributed by atoms with Crippen LogP contribution >= 0.6 is 0 Å². The number of aromatic amines is 1. The van der Waals surface area contributed by atoms with E-state index >= 15 is 0 Å². The van der Waals surface area contributed by atoms with Crippen molar-refractivity contribution in [2.75, 3.05) is 11.9 Å². The van der Waals surface area contributed by atoms with Gasteiger partial charge in [-0.1, -0.05) is 48.0 Å². The Morgan fingerprint density at radius 2 is 1.97 bits per heavy atom. The Kier molecular flexibility index (Phi) is 5.56. The van der Waals surface area contributed by atoms with Gasteiger partial charge in [-0.05, 0) is 42.7 Å². The lowest BCUT2D eigenvalue weighted by molar-refractivity contribution is 0.0946. The third kappa shape index (κ3) is 4.63. The molecule has 0 saturated carbocycles. The van der Waals surface area contributed by atoms with Gasteiger partial charge in [0, 0.05) is 30.2 Å². The summed E-state index contributed by atoms with van der Waals surface area (Å²) < 4.78 is 0. The number of aryl methyl sites for hydroxylation is 1. The number of fused-ring (bicyclic) bond motifs is 1. The average molecular weight is 384 g/mol. The van der Waals surface area contributed by atoms with Crippen molar-refractivity contribution in [3.8, 4) is 0 Å². The fourth-order valence-corrected chi connectivity index (χ4v) is 3.41. The summed E-state index contributed by atoms with van der Waals surface area (Å²) in [5, 5.41) is 7.54. The first-order chi connectivity index (χ1) is 14.2. The third-order valence-corrected chi connectivity index (χ3v) is 4.93. The molecule has 146 valence electrons. The van der Waals surface area contributed by atoms with Gasteiger partial charge in [0.1, 0.15) is 5.69 Å². The predicted octanol–water partition coefficient (Wildman–Crippen LogP) is 4.46. The topological polar surface area (TPSA) is 69.8 Å². The minimum Gasteiger partial charge on any atom is -0.383 e. The van der Waals surface area contributed by atoms with Crippen LogP contribution in [0.3, 0.4) is 0 Å². The highest BCUT2D eigenvalue weighted by atomic mass is 16.1. The van der Waals surface area contributed by atoms with Gasteiger partial charge in [0.2, 0.25) is 0 Å². The lowest BCUT2D eigenvalue weighted by Gasteiger charge is -2.08. The highest BCUT2D eigenvalue weighted by molar-refractivity contribution is 5.92. The van der Waals surface area contributed by atoms with Gasteiger partial charge in [-0.3, -0.25) is 4.79 Å². The molecule has 5 nitrogen and oxygen atoms in total. The van der Waals surface area contributed by atoms with Crippen LogP contribution in [-0.4, -0.2) is 22.4 Å². The number of hydrogen-bond acceptors (Lipinski definition) is 3. The number of amides is 1. The van der Waals surface area contributed by atoms with Crippen molar-refractivity contribution in [3.05, 3.63) is 95.4 Å². The van der Waals surface area contributed by atoms with E-state index in [1.807, 2.05) is 37.3 Å². The SMILES string of the molecule is Cc1cccc(CNC(=O)c2ccc(NCCc3c[nH]c4ccccc34)cn2)c1. The third-order valence-electron chi connectivity index (χ3n) is 4.93. The molecule has 0 unspecified atom stereocenters. The number of carbonyl (C=O) groups is 1. The summed E-state index contributed by atoms with van der Waals surface area (Å²) in [6.45, 7) is 3.33. The highest BCUT2D eigenvalue weighted by Crippen LogP contribution is 2.18. The van der Waals surface area contributed by atoms with Crippen LogP contribution < -0.4 is 10.6 Å². The fourth-order valence-electron chi connectivity index (χ4n) is 3.41. The molecule has 0 bridgehead atoms. The maximum Gasteiger partial charge on any atom is 0.270 e. The quantitative estimate of drug-likeness (QED) is 0.441. The first-order valence-electron chi connectivity index (χ1n) is 9.78. The lowest BCUT2D eigenvalue weighted by Crippen LogP contribution is -2.23. The van der Waals surface area contributed by atoms with Crippen molar-refractivity contribution < 1.29 is 4.79 Å². The van der Waals surface area contributed by atoms with Crippen LogP contribution in [-0.2, 0) is 13.0 Å². The number of nitrogens with zero attached hydrogens (tertiary/aromatic N) is 1. The van der Waals surface area contributed by atoms with Crippen molar-refractivity contribution >= 4 is 22.5 Å². The van der Waals surface area contributed by atoms with Gasteiger partial charge in [-0.25, -0.2) is 4.98 Å². The zero-order chi connectivity index (χ0) is 20.1. The summed E-state index contributed by atoms with van der Waals surface area (Å²) in [6.07, 6.45) is 4.67. The monoisotopic (exact) mass is 384 g/mol. The molecule has 0 aliphatic rings. The Labute approximate surface area is 170 Å². The minimum absolute atomic E-state index is 0.170. The van der Waals surface area contributed by atoms with Gasteiger partial charge in [0.05, 0.1) is 11.9 Å². The number of benzene rings is 2. The molecule has 1 amide bonds. The molecular weight excluding hydrogens is 360 g/mol. The van der Waals surface area contributed by atoms with E-state index in [1.54, 1.807) is 12.3 Å². The van der Waals surface area contributed by atoms with Gasteiger partial charge >= 0.3 is 0 Å². The predicted molar refractivity (Wildman–Crippen MR) is 117 cm³/mol. The number of pyridine rings is 1. The zero-order valence-electron chi connectivity index (χ0n) is 16.4. The highest BCUT2D eigenvalue weighted by Gasteiger charge is 2.07. The normalized spacial score (nSPS) is 10.8. The van der Waals surface area contributed by atoms with Crippen LogP contribution in [0.5, 0.6) is 0 Å². The number of carbonyl (C=O) groups excluding carboxylic acids is 1. The van der Waals surface area contributed by atoms with Crippen LogP contribution in [0, 0.1) is 6.92 Å². The van der Waals surface area contributed by atoms with E-state index < -0.39 is 0 Å². The molecule has 2 heterocycles. The van der Waals surface area contributed by atoms with E-state index in [2.05, 4.69) is 51.1 Å². The van der Waals surface area contributed by atoms with E-state index in [-0.39, 0.29) is 5.91 Å². The molecule has 0 radical (unpaired) electrons. The molecule has 0 fully saturated rings. The van der Waals surface area contributed by atoms with Crippen LogP contribution in [0.15, 0.2) is 73.1 Å². The summed E-state index contributed by atoms with van der Waals surface area (Å²) in [5.74, 6) is -0.170. The number of hydrogen-bond donors (Lipinski definition) is 3. The molecule has 4 aromatic rings.